The molecule has 2 unspecified atom stereocenters. The summed E-state index contributed by atoms with van der Waals surface area (Å²) in [5.41, 5.74) is 6.67. The molecule has 1 aliphatic carbocycles. The summed E-state index contributed by atoms with van der Waals surface area (Å²) >= 11 is 0. The Morgan fingerprint density at radius 1 is 1.27 bits per heavy atom. The van der Waals surface area contributed by atoms with Gasteiger partial charge in [-0.15, -0.1) is 0 Å². The van der Waals surface area contributed by atoms with Gasteiger partial charge in [0, 0.05) is 19.0 Å². The zero-order valence-electron chi connectivity index (χ0n) is 14.1. The second kappa shape index (κ2) is 6.15. The lowest BCUT2D eigenvalue weighted by Gasteiger charge is -2.32. The van der Waals surface area contributed by atoms with Crippen LogP contribution in [-0.4, -0.2) is 18.2 Å². The van der Waals surface area contributed by atoms with Gasteiger partial charge in [-0.25, -0.2) is 0 Å². The van der Waals surface area contributed by atoms with Crippen LogP contribution in [0, 0.1) is 6.92 Å². The highest BCUT2D eigenvalue weighted by Crippen LogP contribution is 2.44. The second-order valence-electron chi connectivity index (χ2n) is 6.39. The van der Waals surface area contributed by atoms with Gasteiger partial charge in [-0.1, -0.05) is 35.8 Å². The first-order valence-electron chi connectivity index (χ1n) is 8.44. The van der Waals surface area contributed by atoms with Crippen LogP contribution in [0.25, 0.3) is 0 Å². The van der Waals surface area contributed by atoms with Gasteiger partial charge in [-0.3, -0.25) is 0 Å². The molecule has 0 fully saturated rings. The molecule has 0 aliphatic heterocycles. The number of aryl methyl sites for hydroxylation is 2. The summed E-state index contributed by atoms with van der Waals surface area (Å²) in [7, 11) is 0. The smallest absolute Gasteiger partial charge is 0.147 e. The molecular weight excluding hydrogens is 272 g/mol. The van der Waals surface area contributed by atoms with Gasteiger partial charge in [0.05, 0.1) is 0 Å². The number of nitrogens with zero attached hydrogens (tertiary/aromatic N) is 2. The minimum Gasteiger partial charge on any atom is -0.368 e. The number of rotatable bonds is 4. The van der Waals surface area contributed by atoms with Crippen molar-refractivity contribution in [2.75, 3.05) is 18.0 Å². The number of aromatic nitrogens is 1. The van der Waals surface area contributed by atoms with E-state index in [1.54, 1.807) is 0 Å². The SMILES string of the molecule is CCN(CC)c1conc1C1CCc2cc(C)ccc2C1C. The van der Waals surface area contributed by atoms with Crippen LogP contribution in [-0.2, 0) is 6.42 Å². The van der Waals surface area contributed by atoms with Gasteiger partial charge in [0.25, 0.3) is 0 Å². The maximum absolute atomic E-state index is 5.35. The molecule has 22 heavy (non-hydrogen) atoms. The highest BCUT2D eigenvalue weighted by atomic mass is 16.5. The third-order valence-corrected chi connectivity index (χ3v) is 5.15. The Bertz CT molecular complexity index is 643. The van der Waals surface area contributed by atoms with E-state index in [9.17, 15) is 0 Å². The lowest BCUT2D eigenvalue weighted by Crippen LogP contribution is -2.25. The van der Waals surface area contributed by atoms with E-state index in [1.807, 2.05) is 6.26 Å². The molecule has 0 N–H and O–H groups in total. The van der Waals surface area contributed by atoms with Crippen molar-refractivity contribution in [2.24, 2.45) is 0 Å². The van der Waals surface area contributed by atoms with Gasteiger partial charge in [0.15, 0.2) is 0 Å². The second-order valence-corrected chi connectivity index (χ2v) is 6.39. The summed E-state index contributed by atoms with van der Waals surface area (Å²) in [6, 6.07) is 6.88. The van der Waals surface area contributed by atoms with Crippen molar-refractivity contribution in [3.8, 4) is 0 Å². The molecule has 118 valence electrons. The van der Waals surface area contributed by atoms with Crippen LogP contribution >= 0.6 is 0 Å². The van der Waals surface area contributed by atoms with E-state index in [2.05, 4.69) is 56.0 Å². The maximum atomic E-state index is 5.35. The molecule has 0 spiro atoms. The van der Waals surface area contributed by atoms with Gasteiger partial charge in [0.1, 0.15) is 17.6 Å². The van der Waals surface area contributed by atoms with Gasteiger partial charge < -0.3 is 9.42 Å². The maximum Gasteiger partial charge on any atom is 0.147 e. The summed E-state index contributed by atoms with van der Waals surface area (Å²) < 4.78 is 5.35. The van der Waals surface area contributed by atoms with E-state index in [0.29, 0.717) is 11.8 Å². The van der Waals surface area contributed by atoms with Crippen molar-refractivity contribution in [3.63, 3.8) is 0 Å². The molecule has 0 saturated heterocycles. The predicted octanol–water partition coefficient (Wildman–Crippen LogP) is 4.66. The molecule has 0 amide bonds. The normalized spacial score (nSPS) is 20.7. The topological polar surface area (TPSA) is 29.3 Å². The average molecular weight is 298 g/mol. The summed E-state index contributed by atoms with van der Waals surface area (Å²) in [4.78, 5) is 2.34. The molecule has 1 aromatic heterocycles. The van der Waals surface area contributed by atoms with E-state index in [0.717, 1.165) is 31.6 Å². The molecule has 2 atom stereocenters. The van der Waals surface area contributed by atoms with Crippen LogP contribution in [0.5, 0.6) is 0 Å². The minimum absolute atomic E-state index is 0.449. The third kappa shape index (κ3) is 2.53. The zero-order chi connectivity index (χ0) is 15.7. The van der Waals surface area contributed by atoms with Gasteiger partial charge in [-0.05, 0) is 50.7 Å². The number of hydrogen-bond donors (Lipinski definition) is 0. The van der Waals surface area contributed by atoms with Crippen LogP contribution in [0.3, 0.4) is 0 Å². The Labute approximate surface area is 133 Å². The number of fused-ring (bicyclic) bond motifs is 1. The highest BCUT2D eigenvalue weighted by molar-refractivity contribution is 5.51. The summed E-state index contributed by atoms with van der Waals surface area (Å²) in [6.45, 7) is 10.8. The monoisotopic (exact) mass is 298 g/mol. The van der Waals surface area contributed by atoms with Crippen molar-refractivity contribution >= 4 is 5.69 Å². The molecule has 3 rings (SSSR count). The summed E-state index contributed by atoms with van der Waals surface area (Å²) in [6.07, 6.45) is 4.11. The lowest BCUT2D eigenvalue weighted by molar-refractivity contribution is 0.390. The van der Waals surface area contributed by atoms with Crippen LogP contribution in [0.15, 0.2) is 29.0 Å². The van der Waals surface area contributed by atoms with Crippen molar-refractivity contribution in [2.45, 2.75) is 52.4 Å². The average Bonchev–Trinajstić information content (AvgIpc) is 2.98. The first-order chi connectivity index (χ1) is 10.7. The molecule has 0 saturated carbocycles. The van der Waals surface area contributed by atoms with Crippen molar-refractivity contribution in [1.29, 1.82) is 0 Å². The first kappa shape index (κ1) is 15.1. The van der Waals surface area contributed by atoms with Gasteiger partial charge in [0.2, 0.25) is 0 Å². The van der Waals surface area contributed by atoms with Crippen molar-refractivity contribution in [3.05, 3.63) is 46.8 Å². The fourth-order valence-electron chi connectivity index (χ4n) is 3.85. The Balaban J connectivity index is 1.94. The summed E-state index contributed by atoms with van der Waals surface area (Å²) in [5.74, 6) is 0.938. The van der Waals surface area contributed by atoms with E-state index < -0.39 is 0 Å². The fraction of sp³-hybridized carbons (Fsp3) is 0.526. The Hall–Kier alpha value is -1.77. The number of hydrogen-bond acceptors (Lipinski definition) is 3. The zero-order valence-corrected chi connectivity index (χ0v) is 14.1. The van der Waals surface area contributed by atoms with Crippen molar-refractivity contribution in [1.82, 2.24) is 5.16 Å². The Morgan fingerprint density at radius 2 is 2.05 bits per heavy atom. The molecule has 1 heterocycles. The third-order valence-electron chi connectivity index (χ3n) is 5.15. The Morgan fingerprint density at radius 3 is 2.77 bits per heavy atom. The quantitative estimate of drug-likeness (QED) is 0.822. The predicted molar refractivity (Wildman–Crippen MR) is 90.7 cm³/mol. The molecular formula is C19H26N2O. The molecule has 2 aromatic rings. The Kier molecular flexibility index (Phi) is 4.23. The van der Waals surface area contributed by atoms with Crippen LogP contribution < -0.4 is 4.90 Å². The molecule has 0 bridgehead atoms. The first-order valence-corrected chi connectivity index (χ1v) is 8.44. The number of anilines is 1. The van der Waals surface area contributed by atoms with Crippen LogP contribution in [0.1, 0.15) is 61.4 Å². The standard InChI is InChI=1S/C19H26N2O/c1-5-21(6-2)18-12-22-20-19(18)17-10-8-15-11-13(3)7-9-16(15)14(17)4/h7,9,11-12,14,17H,5-6,8,10H2,1-4H3. The highest BCUT2D eigenvalue weighted by Gasteiger charge is 2.32. The minimum atomic E-state index is 0.449. The van der Waals surface area contributed by atoms with Crippen molar-refractivity contribution < 1.29 is 4.52 Å². The van der Waals surface area contributed by atoms with E-state index in [4.69, 9.17) is 4.52 Å². The molecule has 3 heteroatoms. The van der Waals surface area contributed by atoms with E-state index in [-0.39, 0.29) is 0 Å². The molecule has 3 nitrogen and oxygen atoms in total. The molecule has 1 aliphatic rings. The fourth-order valence-corrected chi connectivity index (χ4v) is 3.85. The molecule has 1 aromatic carbocycles. The van der Waals surface area contributed by atoms with Gasteiger partial charge >= 0.3 is 0 Å². The largest absolute Gasteiger partial charge is 0.368 e. The molecule has 0 radical (unpaired) electrons. The van der Waals surface area contributed by atoms with Gasteiger partial charge in [-0.2, -0.15) is 0 Å². The van der Waals surface area contributed by atoms with E-state index in [1.165, 1.54) is 22.4 Å². The lowest BCUT2D eigenvalue weighted by atomic mass is 9.74. The summed E-state index contributed by atoms with van der Waals surface area (Å²) in [5, 5.41) is 4.38. The van der Waals surface area contributed by atoms with E-state index >= 15 is 0 Å². The van der Waals surface area contributed by atoms with Crippen LogP contribution in [0.2, 0.25) is 0 Å². The van der Waals surface area contributed by atoms with Crippen LogP contribution in [0.4, 0.5) is 5.69 Å². The number of benzene rings is 1.